The summed E-state index contributed by atoms with van der Waals surface area (Å²) in [7, 11) is 3.19. The summed E-state index contributed by atoms with van der Waals surface area (Å²) in [4.78, 5) is 11.4. The van der Waals surface area contributed by atoms with Gasteiger partial charge in [-0.05, 0) is 19.4 Å². The third kappa shape index (κ3) is 7.95. The van der Waals surface area contributed by atoms with Gasteiger partial charge in [-0.2, -0.15) is 0 Å². The van der Waals surface area contributed by atoms with E-state index in [9.17, 15) is 4.79 Å². The first-order valence-corrected chi connectivity index (χ1v) is 7.02. The average molecular weight is 333 g/mol. The van der Waals surface area contributed by atoms with E-state index in [0.29, 0.717) is 49.8 Å². The summed E-state index contributed by atoms with van der Waals surface area (Å²) in [5.74, 6) is 2.07. The lowest BCUT2D eigenvalue weighted by atomic mass is 10.3. The SMILES string of the molecule is COc1cc(OC)cc(OCCCNC(=O)CCCN)c1.Cl. The fourth-order valence-electron chi connectivity index (χ4n) is 1.71. The second-order valence-electron chi connectivity index (χ2n) is 4.49. The Morgan fingerprint density at radius 1 is 1.09 bits per heavy atom. The number of methoxy groups -OCH3 is 2. The molecule has 1 amide bonds. The van der Waals surface area contributed by atoms with Crippen LogP contribution in [0, 0.1) is 0 Å². The molecule has 0 spiro atoms. The summed E-state index contributed by atoms with van der Waals surface area (Å²) in [6.07, 6.45) is 1.92. The lowest BCUT2D eigenvalue weighted by molar-refractivity contribution is -0.121. The van der Waals surface area contributed by atoms with Crippen LogP contribution in [-0.4, -0.2) is 39.8 Å². The zero-order valence-corrected chi connectivity index (χ0v) is 13.9. The number of carbonyl (C=O) groups is 1. The summed E-state index contributed by atoms with van der Waals surface area (Å²) in [5.41, 5.74) is 5.34. The van der Waals surface area contributed by atoms with Crippen LogP contribution in [0.15, 0.2) is 18.2 Å². The van der Waals surface area contributed by atoms with Gasteiger partial charge in [-0.1, -0.05) is 0 Å². The predicted octanol–water partition coefficient (Wildman–Crippen LogP) is 1.75. The molecule has 0 atom stereocenters. The Hall–Kier alpha value is -1.66. The number of benzene rings is 1. The van der Waals surface area contributed by atoms with Gasteiger partial charge in [0, 0.05) is 31.2 Å². The van der Waals surface area contributed by atoms with Crippen LogP contribution >= 0.6 is 12.4 Å². The van der Waals surface area contributed by atoms with Gasteiger partial charge in [0.15, 0.2) is 0 Å². The number of hydrogen-bond donors (Lipinski definition) is 2. The van der Waals surface area contributed by atoms with Crippen molar-refractivity contribution in [3.63, 3.8) is 0 Å². The standard InChI is InChI=1S/C15H24N2O4.ClH/c1-19-12-9-13(20-2)11-14(10-12)21-8-4-7-17-15(18)5-3-6-16;/h9-11H,3-8,16H2,1-2H3,(H,17,18);1H. The third-order valence-electron chi connectivity index (χ3n) is 2.84. The number of nitrogens with one attached hydrogen (secondary N) is 1. The monoisotopic (exact) mass is 332 g/mol. The van der Waals surface area contributed by atoms with Crippen molar-refractivity contribution in [3.8, 4) is 17.2 Å². The second kappa shape index (κ2) is 11.9. The number of nitrogens with two attached hydrogens (primary N) is 1. The Bertz CT molecular complexity index is 421. The molecule has 3 N–H and O–H groups in total. The molecule has 0 unspecified atom stereocenters. The number of carbonyl (C=O) groups excluding carboxylic acids is 1. The van der Waals surface area contributed by atoms with E-state index in [-0.39, 0.29) is 18.3 Å². The molecule has 1 rings (SSSR count). The molecule has 0 heterocycles. The molecule has 0 aliphatic rings. The van der Waals surface area contributed by atoms with Gasteiger partial charge in [0.05, 0.1) is 20.8 Å². The maximum Gasteiger partial charge on any atom is 0.220 e. The van der Waals surface area contributed by atoms with E-state index in [0.717, 1.165) is 6.42 Å². The molecule has 0 radical (unpaired) electrons. The molecule has 0 fully saturated rings. The topological polar surface area (TPSA) is 82.8 Å². The highest BCUT2D eigenvalue weighted by atomic mass is 35.5. The third-order valence-corrected chi connectivity index (χ3v) is 2.84. The highest BCUT2D eigenvalue weighted by Gasteiger charge is 2.03. The minimum absolute atomic E-state index is 0. The molecule has 0 saturated carbocycles. The molecule has 0 aliphatic heterocycles. The van der Waals surface area contributed by atoms with E-state index in [1.807, 2.05) is 0 Å². The largest absolute Gasteiger partial charge is 0.496 e. The van der Waals surface area contributed by atoms with Crippen LogP contribution in [0.1, 0.15) is 19.3 Å². The molecule has 6 nitrogen and oxygen atoms in total. The van der Waals surface area contributed by atoms with Crippen LogP contribution in [0.2, 0.25) is 0 Å². The number of amides is 1. The Labute approximate surface area is 137 Å². The molecular formula is C15H25ClN2O4. The minimum atomic E-state index is 0. The van der Waals surface area contributed by atoms with Gasteiger partial charge in [-0.25, -0.2) is 0 Å². The molecule has 1 aromatic carbocycles. The van der Waals surface area contributed by atoms with E-state index in [2.05, 4.69) is 5.32 Å². The smallest absolute Gasteiger partial charge is 0.220 e. The van der Waals surface area contributed by atoms with Crippen molar-refractivity contribution in [1.82, 2.24) is 5.32 Å². The normalized spacial score (nSPS) is 9.59. The molecule has 0 aliphatic carbocycles. The van der Waals surface area contributed by atoms with Gasteiger partial charge in [0.2, 0.25) is 5.91 Å². The number of halogens is 1. The van der Waals surface area contributed by atoms with Crippen LogP contribution in [0.5, 0.6) is 17.2 Å². The first kappa shape index (κ1) is 20.3. The Morgan fingerprint density at radius 3 is 2.23 bits per heavy atom. The van der Waals surface area contributed by atoms with Crippen molar-refractivity contribution in [3.05, 3.63) is 18.2 Å². The Kier molecular flexibility index (Phi) is 11.0. The summed E-state index contributed by atoms with van der Waals surface area (Å²) >= 11 is 0. The van der Waals surface area contributed by atoms with Crippen LogP contribution in [0.3, 0.4) is 0 Å². The highest BCUT2D eigenvalue weighted by Crippen LogP contribution is 2.27. The van der Waals surface area contributed by atoms with Gasteiger partial charge in [0.1, 0.15) is 17.2 Å². The average Bonchev–Trinajstić information content (AvgIpc) is 2.52. The summed E-state index contributed by atoms with van der Waals surface area (Å²) in [6.45, 7) is 1.63. The van der Waals surface area contributed by atoms with Crippen LogP contribution in [-0.2, 0) is 4.79 Å². The first-order chi connectivity index (χ1) is 10.2. The summed E-state index contributed by atoms with van der Waals surface area (Å²) < 4.78 is 16.0. The van der Waals surface area contributed by atoms with Gasteiger partial charge in [-0.3, -0.25) is 4.79 Å². The Balaban J connectivity index is 0.00000441. The molecule has 126 valence electrons. The molecule has 7 heteroatoms. The number of rotatable bonds is 10. The van der Waals surface area contributed by atoms with E-state index in [1.165, 1.54) is 0 Å². The lowest BCUT2D eigenvalue weighted by Gasteiger charge is -2.10. The number of ether oxygens (including phenoxy) is 3. The van der Waals surface area contributed by atoms with Gasteiger partial charge in [-0.15, -0.1) is 12.4 Å². The Morgan fingerprint density at radius 2 is 1.68 bits per heavy atom. The molecule has 0 aromatic heterocycles. The summed E-state index contributed by atoms with van der Waals surface area (Å²) in [5, 5.41) is 2.82. The summed E-state index contributed by atoms with van der Waals surface area (Å²) in [6, 6.07) is 5.37. The van der Waals surface area contributed by atoms with Crippen LogP contribution in [0.4, 0.5) is 0 Å². The van der Waals surface area contributed by atoms with E-state index >= 15 is 0 Å². The van der Waals surface area contributed by atoms with Crippen LogP contribution in [0.25, 0.3) is 0 Å². The number of hydrogen-bond acceptors (Lipinski definition) is 5. The van der Waals surface area contributed by atoms with Crippen LogP contribution < -0.4 is 25.3 Å². The fraction of sp³-hybridized carbons (Fsp3) is 0.533. The molecule has 0 saturated heterocycles. The molecular weight excluding hydrogens is 308 g/mol. The highest BCUT2D eigenvalue weighted by molar-refractivity contribution is 5.85. The second-order valence-corrected chi connectivity index (χ2v) is 4.49. The van der Waals surface area contributed by atoms with Gasteiger partial charge in [0.25, 0.3) is 0 Å². The lowest BCUT2D eigenvalue weighted by Crippen LogP contribution is -2.25. The quantitative estimate of drug-likeness (QED) is 0.638. The van der Waals surface area contributed by atoms with Crippen molar-refractivity contribution < 1.29 is 19.0 Å². The fourth-order valence-corrected chi connectivity index (χ4v) is 1.71. The van der Waals surface area contributed by atoms with Gasteiger partial charge < -0.3 is 25.3 Å². The maximum atomic E-state index is 11.4. The maximum absolute atomic E-state index is 11.4. The predicted molar refractivity (Wildman–Crippen MR) is 88.2 cm³/mol. The molecule has 0 bridgehead atoms. The van der Waals surface area contributed by atoms with Gasteiger partial charge >= 0.3 is 0 Å². The van der Waals surface area contributed by atoms with E-state index in [1.54, 1.807) is 32.4 Å². The first-order valence-electron chi connectivity index (χ1n) is 7.02. The molecule has 22 heavy (non-hydrogen) atoms. The van der Waals surface area contributed by atoms with Crippen molar-refractivity contribution in [1.29, 1.82) is 0 Å². The zero-order valence-electron chi connectivity index (χ0n) is 13.1. The van der Waals surface area contributed by atoms with Crippen molar-refractivity contribution in [2.45, 2.75) is 19.3 Å². The van der Waals surface area contributed by atoms with Crippen molar-refractivity contribution in [2.75, 3.05) is 33.9 Å². The van der Waals surface area contributed by atoms with Crippen molar-refractivity contribution in [2.24, 2.45) is 5.73 Å². The van der Waals surface area contributed by atoms with Crippen molar-refractivity contribution >= 4 is 18.3 Å². The zero-order chi connectivity index (χ0) is 15.5. The molecule has 1 aromatic rings. The van der Waals surface area contributed by atoms with E-state index < -0.39 is 0 Å². The van der Waals surface area contributed by atoms with E-state index in [4.69, 9.17) is 19.9 Å². The minimum Gasteiger partial charge on any atom is -0.496 e.